The largest absolute Gasteiger partial charge is 0.273 e. The normalized spacial score (nSPS) is 12.2. The van der Waals surface area contributed by atoms with Crippen LogP contribution in [0.5, 0.6) is 0 Å². The maximum atomic E-state index is 12.6. The molecule has 2 aromatic heterocycles. The third-order valence-electron chi connectivity index (χ3n) is 3.33. The van der Waals surface area contributed by atoms with E-state index < -0.39 is 10.0 Å². The first kappa shape index (κ1) is 15.7. The summed E-state index contributed by atoms with van der Waals surface area (Å²) in [6.45, 7) is 7.31. The molecule has 0 aliphatic carbocycles. The van der Waals surface area contributed by atoms with Crippen molar-refractivity contribution in [2.45, 2.75) is 45.3 Å². The summed E-state index contributed by atoms with van der Waals surface area (Å²) < 4.78 is 29.9. The summed E-state index contributed by atoms with van der Waals surface area (Å²) in [5.74, 6) is 0. The Kier molecular flexibility index (Phi) is 4.48. The molecule has 0 aromatic carbocycles. The minimum absolute atomic E-state index is 0.259. The number of nitrogens with zero attached hydrogens (tertiary/aromatic N) is 5. The Morgan fingerprint density at radius 1 is 1.19 bits per heavy atom. The second-order valence-electron chi connectivity index (χ2n) is 4.90. The van der Waals surface area contributed by atoms with Gasteiger partial charge in [-0.1, -0.05) is 0 Å². The van der Waals surface area contributed by atoms with Crippen molar-refractivity contribution in [3.63, 3.8) is 0 Å². The predicted molar refractivity (Wildman–Crippen MR) is 79.2 cm³/mol. The van der Waals surface area contributed by atoms with Crippen LogP contribution < -0.4 is 0 Å². The maximum absolute atomic E-state index is 12.6. The van der Waals surface area contributed by atoms with Crippen LogP contribution in [-0.4, -0.2) is 39.3 Å². The van der Waals surface area contributed by atoms with Crippen LogP contribution in [0.15, 0.2) is 23.5 Å². The highest BCUT2D eigenvalue weighted by molar-refractivity contribution is 7.89. The summed E-state index contributed by atoms with van der Waals surface area (Å²) in [6.07, 6.45) is 5.13. The highest BCUT2D eigenvalue weighted by Crippen LogP contribution is 2.19. The van der Waals surface area contributed by atoms with E-state index in [0.29, 0.717) is 18.8 Å². The summed E-state index contributed by atoms with van der Waals surface area (Å²) >= 11 is 0. The van der Waals surface area contributed by atoms with Crippen molar-refractivity contribution in [3.05, 3.63) is 29.8 Å². The average Bonchev–Trinajstić information content (AvgIpc) is 3.05. The monoisotopic (exact) mass is 311 g/mol. The summed E-state index contributed by atoms with van der Waals surface area (Å²) in [5.41, 5.74) is 1.39. The Labute approximate surface area is 125 Å². The molecule has 0 saturated carbocycles. The predicted octanol–water partition coefficient (Wildman–Crippen LogP) is 1.25. The molecule has 0 fully saturated rings. The fraction of sp³-hybridized carbons (Fsp3) is 0.538. The Bertz CT molecular complexity index is 717. The van der Waals surface area contributed by atoms with Gasteiger partial charge in [0.1, 0.15) is 4.90 Å². The molecule has 116 valence electrons. The molecule has 0 aliphatic rings. The van der Waals surface area contributed by atoms with Crippen molar-refractivity contribution >= 4 is 10.0 Å². The second kappa shape index (κ2) is 5.98. The van der Waals surface area contributed by atoms with E-state index in [0.717, 1.165) is 12.1 Å². The first-order valence-corrected chi connectivity index (χ1v) is 8.34. The summed E-state index contributed by atoms with van der Waals surface area (Å²) in [5, 5.41) is 8.35. The number of hydrogen-bond donors (Lipinski definition) is 0. The van der Waals surface area contributed by atoms with E-state index >= 15 is 0 Å². The van der Waals surface area contributed by atoms with E-state index in [9.17, 15) is 8.42 Å². The zero-order chi connectivity index (χ0) is 15.6. The van der Waals surface area contributed by atoms with Gasteiger partial charge in [-0.3, -0.25) is 9.36 Å². The number of rotatable bonds is 6. The van der Waals surface area contributed by atoms with Crippen molar-refractivity contribution in [2.24, 2.45) is 0 Å². The fourth-order valence-corrected chi connectivity index (χ4v) is 3.41. The molecule has 0 aliphatic heterocycles. The molecule has 8 heteroatoms. The quantitative estimate of drug-likeness (QED) is 0.805. The molecule has 2 aromatic rings. The third kappa shape index (κ3) is 3.16. The van der Waals surface area contributed by atoms with Crippen molar-refractivity contribution in [1.82, 2.24) is 23.9 Å². The van der Waals surface area contributed by atoms with Crippen LogP contribution in [0.2, 0.25) is 0 Å². The molecule has 0 spiro atoms. The van der Waals surface area contributed by atoms with Crippen molar-refractivity contribution in [1.29, 1.82) is 0 Å². The van der Waals surface area contributed by atoms with E-state index in [1.54, 1.807) is 35.7 Å². The zero-order valence-corrected chi connectivity index (χ0v) is 13.6. The zero-order valence-electron chi connectivity index (χ0n) is 12.8. The molecule has 7 nitrogen and oxygen atoms in total. The van der Waals surface area contributed by atoms with E-state index in [-0.39, 0.29) is 4.90 Å². The van der Waals surface area contributed by atoms with Crippen LogP contribution in [0, 0.1) is 6.92 Å². The molecule has 0 amide bonds. The molecule has 2 heterocycles. The van der Waals surface area contributed by atoms with Gasteiger partial charge in [0.05, 0.1) is 11.9 Å². The van der Waals surface area contributed by atoms with Gasteiger partial charge in [0, 0.05) is 44.6 Å². The van der Waals surface area contributed by atoms with Crippen molar-refractivity contribution in [3.8, 4) is 0 Å². The van der Waals surface area contributed by atoms with E-state index in [2.05, 4.69) is 10.2 Å². The van der Waals surface area contributed by atoms with Crippen molar-refractivity contribution < 1.29 is 8.42 Å². The van der Waals surface area contributed by atoms with Gasteiger partial charge in [0.15, 0.2) is 0 Å². The fourth-order valence-electron chi connectivity index (χ4n) is 2.09. The molecule has 0 atom stereocenters. The lowest BCUT2D eigenvalue weighted by Crippen LogP contribution is -2.26. The number of aromatic nitrogens is 4. The van der Waals surface area contributed by atoms with Gasteiger partial charge in [-0.15, -0.1) is 0 Å². The average molecular weight is 311 g/mol. The molecule has 0 radical (unpaired) electrons. The van der Waals surface area contributed by atoms with Crippen molar-refractivity contribution in [2.75, 3.05) is 7.05 Å². The minimum Gasteiger partial charge on any atom is -0.273 e. The van der Waals surface area contributed by atoms with Gasteiger partial charge in [-0.2, -0.15) is 14.5 Å². The molecule has 0 N–H and O–H groups in total. The van der Waals surface area contributed by atoms with Crippen LogP contribution >= 0.6 is 0 Å². The van der Waals surface area contributed by atoms with Crippen LogP contribution in [0.25, 0.3) is 0 Å². The maximum Gasteiger partial charge on any atom is 0.246 e. The van der Waals surface area contributed by atoms with E-state index in [1.165, 1.54) is 4.31 Å². The first-order valence-electron chi connectivity index (χ1n) is 6.90. The van der Waals surface area contributed by atoms with Crippen LogP contribution in [0.1, 0.15) is 25.1 Å². The Balaban J connectivity index is 2.23. The molecule has 0 unspecified atom stereocenters. The molecular weight excluding hydrogens is 290 g/mol. The number of aryl methyl sites for hydroxylation is 3. The van der Waals surface area contributed by atoms with E-state index in [4.69, 9.17) is 0 Å². The lowest BCUT2D eigenvalue weighted by Gasteiger charge is -2.15. The van der Waals surface area contributed by atoms with Gasteiger partial charge in [0.2, 0.25) is 10.0 Å². The van der Waals surface area contributed by atoms with Crippen LogP contribution in [-0.2, 0) is 29.7 Å². The molecule has 21 heavy (non-hydrogen) atoms. The SMILES string of the molecule is CCn1cc(CN(C)S(=O)(=O)c2cn(CC)nc2C)cn1. The minimum atomic E-state index is -3.54. The van der Waals surface area contributed by atoms with Crippen LogP contribution in [0.4, 0.5) is 0 Å². The van der Waals surface area contributed by atoms with Gasteiger partial charge >= 0.3 is 0 Å². The Morgan fingerprint density at radius 3 is 2.38 bits per heavy atom. The van der Waals surface area contributed by atoms with Crippen LogP contribution in [0.3, 0.4) is 0 Å². The van der Waals surface area contributed by atoms with Gasteiger partial charge < -0.3 is 0 Å². The second-order valence-corrected chi connectivity index (χ2v) is 6.91. The summed E-state index contributed by atoms with van der Waals surface area (Å²) in [4.78, 5) is 0.259. The standard InChI is InChI=1S/C13H21N5O2S/c1-5-17-9-12(7-14-17)8-16(4)21(19,20)13-10-18(6-2)15-11(13)3/h7,9-10H,5-6,8H2,1-4H3. The third-order valence-corrected chi connectivity index (χ3v) is 5.24. The number of hydrogen-bond acceptors (Lipinski definition) is 4. The van der Waals surface area contributed by atoms with E-state index in [1.807, 2.05) is 20.0 Å². The van der Waals surface area contributed by atoms with Gasteiger partial charge in [-0.25, -0.2) is 8.42 Å². The van der Waals surface area contributed by atoms with Gasteiger partial charge in [-0.05, 0) is 20.8 Å². The highest BCUT2D eigenvalue weighted by Gasteiger charge is 2.25. The molecular formula is C13H21N5O2S. The smallest absolute Gasteiger partial charge is 0.246 e. The number of sulfonamides is 1. The lowest BCUT2D eigenvalue weighted by atomic mass is 10.4. The molecule has 0 bridgehead atoms. The summed E-state index contributed by atoms with van der Waals surface area (Å²) in [7, 11) is -1.97. The van der Waals surface area contributed by atoms with Gasteiger partial charge in [0.25, 0.3) is 0 Å². The molecule has 0 saturated heterocycles. The Morgan fingerprint density at radius 2 is 1.86 bits per heavy atom. The first-order chi connectivity index (χ1) is 9.88. The topological polar surface area (TPSA) is 73.0 Å². The lowest BCUT2D eigenvalue weighted by molar-refractivity contribution is 0.466. The Hall–Kier alpha value is -1.67. The highest BCUT2D eigenvalue weighted by atomic mass is 32.2. The molecule has 2 rings (SSSR count). The summed E-state index contributed by atoms with van der Waals surface area (Å²) in [6, 6.07) is 0.